The average molecular weight is 257 g/mol. The number of aryl methyl sites for hydroxylation is 1. The molecule has 1 aliphatic carbocycles. The first-order valence-corrected chi connectivity index (χ1v) is 6.55. The van der Waals surface area contributed by atoms with E-state index in [9.17, 15) is 0 Å². The Morgan fingerprint density at radius 3 is 2.68 bits per heavy atom. The molecule has 0 radical (unpaired) electrons. The van der Waals surface area contributed by atoms with Crippen molar-refractivity contribution >= 4 is 5.82 Å². The maximum atomic E-state index is 5.89. The number of rotatable bonds is 4. The number of aromatic nitrogens is 2. The van der Waals surface area contributed by atoms with E-state index in [0.29, 0.717) is 5.82 Å². The Morgan fingerprint density at radius 1 is 1.37 bits per heavy atom. The number of nitrogen functional groups attached to an aromatic ring is 1. The number of nitrogens with zero attached hydrogens (tertiary/aromatic N) is 2. The topological polar surface area (TPSA) is 53.1 Å². The second-order valence-corrected chi connectivity index (χ2v) is 5.34. The van der Waals surface area contributed by atoms with Crippen LogP contribution >= 0.6 is 0 Å². The molecule has 1 aliphatic rings. The molecule has 0 atom stereocenters. The Labute approximate surface area is 113 Å². The molecule has 0 spiro atoms. The summed E-state index contributed by atoms with van der Waals surface area (Å²) in [5.41, 5.74) is 9.51. The van der Waals surface area contributed by atoms with Crippen LogP contribution in [0.1, 0.15) is 18.4 Å². The van der Waals surface area contributed by atoms with Crippen LogP contribution in [0.15, 0.2) is 30.3 Å². The molecule has 3 rings (SSSR count). The molecule has 0 saturated heterocycles. The molecule has 1 saturated carbocycles. The molecular formula is C15H19N3O. The molecule has 0 unspecified atom stereocenters. The Balaban J connectivity index is 2.07. The summed E-state index contributed by atoms with van der Waals surface area (Å²) < 4.78 is 7.10. The maximum absolute atomic E-state index is 5.89. The van der Waals surface area contributed by atoms with Gasteiger partial charge in [-0.1, -0.05) is 24.3 Å². The quantitative estimate of drug-likeness (QED) is 0.914. The highest BCUT2D eigenvalue weighted by molar-refractivity contribution is 5.68. The van der Waals surface area contributed by atoms with Crippen molar-refractivity contribution in [1.82, 2.24) is 9.78 Å². The van der Waals surface area contributed by atoms with Crippen molar-refractivity contribution in [2.24, 2.45) is 7.05 Å². The van der Waals surface area contributed by atoms with Gasteiger partial charge >= 0.3 is 0 Å². The summed E-state index contributed by atoms with van der Waals surface area (Å²) in [5, 5.41) is 4.49. The van der Waals surface area contributed by atoms with Crippen LogP contribution in [0.4, 0.5) is 5.82 Å². The molecule has 19 heavy (non-hydrogen) atoms. The summed E-state index contributed by atoms with van der Waals surface area (Å²) in [5.74, 6) is 0.682. The van der Waals surface area contributed by atoms with Crippen LogP contribution in [-0.2, 0) is 17.2 Å². The highest BCUT2D eigenvalue weighted by Crippen LogP contribution is 2.51. The molecule has 1 fully saturated rings. The van der Waals surface area contributed by atoms with Crippen LogP contribution in [0.3, 0.4) is 0 Å². The van der Waals surface area contributed by atoms with Gasteiger partial charge in [0.25, 0.3) is 0 Å². The molecule has 4 heteroatoms. The third kappa shape index (κ3) is 2.02. The minimum Gasteiger partial charge on any atom is -0.384 e. The smallest absolute Gasteiger partial charge is 0.121 e. The van der Waals surface area contributed by atoms with Gasteiger partial charge in [-0.05, 0) is 18.4 Å². The molecule has 1 heterocycles. The third-order valence-corrected chi connectivity index (χ3v) is 3.96. The molecule has 100 valence electrons. The van der Waals surface area contributed by atoms with Crippen LogP contribution in [0.5, 0.6) is 0 Å². The zero-order chi connectivity index (χ0) is 13.5. The van der Waals surface area contributed by atoms with E-state index >= 15 is 0 Å². The number of hydrogen-bond donors (Lipinski definition) is 1. The largest absolute Gasteiger partial charge is 0.384 e. The van der Waals surface area contributed by atoms with Crippen molar-refractivity contribution in [3.63, 3.8) is 0 Å². The monoisotopic (exact) mass is 257 g/mol. The molecule has 0 amide bonds. The van der Waals surface area contributed by atoms with Gasteiger partial charge in [-0.15, -0.1) is 0 Å². The SMILES string of the molecule is COCC1(c2ccccc2-c2cc(N)n(C)n2)CC1. The summed E-state index contributed by atoms with van der Waals surface area (Å²) in [6.45, 7) is 0.770. The van der Waals surface area contributed by atoms with Crippen molar-refractivity contribution < 1.29 is 4.74 Å². The van der Waals surface area contributed by atoms with E-state index in [2.05, 4.69) is 23.3 Å². The number of methoxy groups -OCH3 is 1. The Hall–Kier alpha value is -1.81. The van der Waals surface area contributed by atoms with Gasteiger partial charge in [0.1, 0.15) is 5.82 Å². The lowest BCUT2D eigenvalue weighted by Crippen LogP contribution is -2.15. The first-order valence-electron chi connectivity index (χ1n) is 6.55. The number of anilines is 1. The van der Waals surface area contributed by atoms with Crippen LogP contribution in [0.2, 0.25) is 0 Å². The predicted molar refractivity (Wildman–Crippen MR) is 75.8 cm³/mol. The van der Waals surface area contributed by atoms with Crippen LogP contribution in [0.25, 0.3) is 11.3 Å². The Kier molecular flexibility index (Phi) is 2.82. The standard InChI is InChI=1S/C15H19N3O/c1-18-14(16)9-13(17-18)11-5-3-4-6-12(11)15(7-8-15)10-19-2/h3-6,9H,7-8,10,16H2,1-2H3. The normalized spacial score (nSPS) is 16.5. The van der Waals surface area contributed by atoms with Gasteiger partial charge in [0.05, 0.1) is 12.3 Å². The number of hydrogen-bond acceptors (Lipinski definition) is 3. The maximum Gasteiger partial charge on any atom is 0.121 e. The molecule has 4 nitrogen and oxygen atoms in total. The Morgan fingerprint density at radius 2 is 2.11 bits per heavy atom. The predicted octanol–water partition coefficient (Wildman–Crippen LogP) is 2.35. The second kappa shape index (κ2) is 4.38. The summed E-state index contributed by atoms with van der Waals surface area (Å²) in [6, 6.07) is 10.4. The molecule has 1 aromatic carbocycles. The summed E-state index contributed by atoms with van der Waals surface area (Å²) in [4.78, 5) is 0. The molecule has 0 bridgehead atoms. The van der Waals surface area contributed by atoms with Crippen molar-refractivity contribution in [2.75, 3.05) is 19.5 Å². The second-order valence-electron chi connectivity index (χ2n) is 5.34. The van der Waals surface area contributed by atoms with E-state index in [-0.39, 0.29) is 5.41 Å². The summed E-state index contributed by atoms with van der Waals surface area (Å²) >= 11 is 0. The number of benzene rings is 1. The van der Waals surface area contributed by atoms with Gasteiger partial charge in [0.2, 0.25) is 0 Å². The van der Waals surface area contributed by atoms with Gasteiger partial charge < -0.3 is 10.5 Å². The molecule has 1 aromatic heterocycles. The van der Waals surface area contributed by atoms with Gasteiger partial charge in [0, 0.05) is 31.2 Å². The lowest BCUT2D eigenvalue weighted by molar-refractivity contribution is 0.171. The molecule has 0 aliphatic heterocycles. The minimum atomic E-state index is 0.178. The molecular weight excluding hydrogens is 238 g/mol. The van der Waals surface area contributed by atoms with E-state index in [4.69, 9.17) is 10.5 Å². The molecule has 2 aromatic rings. The van der Waals surface area contributed by atoms with Gasteiger partial charge in [-0.3, -0.25) is 4.68 Å². The van der Waals surface area contributed by atoms with Crippen molar-refractivity contribution in [2.45, 2.75) is 18.3 Å². The van der Waals surface area contributed by atoms with E-state index < -0.39 is 0 Å². The summed E-state index contributed by atoms with van der Waals surface area (Å²) in [6.07, 6.45) is 2.36. The van der Waals surface area contributed by atoms with Crippen molar-refractivity contribution in [3.8, 4) is 11.3 Å². The Bertz CT molecular complexity index is 580. The fourth-order valence-electron chi connectivity index (χ4n) is 2.70. The summed E-state index contributed by atoms with van der Waals surface area (Å²) in [7, 11) is 3.63. The van der Waals surface area contributed by atoms with Crippen molar-refractivity contribution in [3.05, 3.63) is 35.9 Å². The third-order valence-electron chi connectivity index (χ3n) is 3.96. The molecule has 2 N–H and O–H groups in total. The van der Waals surface area contributed by atoms with Crippen molar-refractivity contribution in [1.29, 1.82) is 0 Å². The van der Waals surface area contributed by atoms with Crippen LogP contribution in [0, 0.1) is 0 Å². The zero-order valence-corrected chi connectivity index (χ0v) is 11.4. The highest BCUT2D eigenvalue weighted by atomic mass is 16.5. The zero-order valence-electron chi connectivity index (χ0n) is 11.4. The lowest BCUT2D eigenvalue weighted by Gasteiger charge is -2.17. The number of ether oxygens (including phenoxy) is 1. The first kappa shape index (κ1) is 12.2. The fraction of sp³-hybridized carbons (Fsp3) is 0.400. The average Bonchev–Trinajstić information content (AvgIpc) is 3.11. The van der Waals surface area contributed by atoms with Gasteiger partial charge in [-0.25, -0.2) is 0 Å². The van der Waals surface area contributed by atoms with E-state index in [1.165, 1.54) is 24.0 Å². The minimum absolute atomic E-state index is 0.178. The van der Waals surface area contributed by atoms with Crippen LogP contribution in [-0.4, -0.2) is 23.5 Å². The lowest BCUT2D eigenvalue weighted by atomic mass is 9.90. The first-order chi connectivity index (χ1) is 9.16. The fourth-order valence-corrected chi connectivity index (χ4v) is 2.70. The van der Waals surface area contributed by atoms with E-state index in [1.807, 2.05) is 19.2 Å². The van der Waals surface area contributed by atoms with Gasteiger partial charge in [-0.2, -0.15) is 5.10 Å². The van der Waals surface area contributed by atoms with Crippen LogP contribution < -0.4 is 5.73 Å². The van der Waals surface area contributed by atoms with E-state index in [1.54, 1.807) is 11.8 Å². The van der Waals surface area contributed by atoms with Gasteiger partial charge in [0.15, 0.2) is 0 Å². The highest BCUT2D eigenvalue weighted by Gasteiger charge is 2.45. The van der Waals surface area contributed by atoms with E-state index in [0.717, 1.165) is 12.3 Å². The number of nitrogens with two attached hydrogens (primary N) is 1.